The van der Waals surface area contributed by atoms with Crippen molar-refractivity contribution < 1.29 is 0 Å². The van der Waals surface area contributed by atoms with Gasteiger partial charge in [-0.15, -0.1) is 11.3 Å². The van der Waals surface area contributed by atoms with Crippen molar-refractivity contribution in [3.05, 3.63) is 100 Å². The Morgan fingerprint density at radius 3 is 2.55 bits per heavy atom. The molecule has 0 atom stereocenters. The highest BCUT2D eigenvalue weighted by Gasteiger charge is 2.13. The van der Waals surface area contributed by atoms with Gasteiger partial charge in [-0.3, -0.25) is 9.36 Å². The minimum atomic E-state index is -0.0111. The Morgan fingerprint density at radius 1 is 1.03 bits per heavy atom. The maximum absolute atomic E-state index is 13.2. The van der Waals surface area contributed by atoms with E-state index >= 15 is 0 Å². The van der Waals surface area contributed by atoms with E-state index in [1.807, 2.05) is 46.6 Å². The highest BCUT2D eigenvalue weighted by Crippen LogP contribution is 2.30. The van der Waals surface area contributed by atoms with Crippen molar-refractivity contribution >= 4 is 21.6 Å². The van der Waals surface area contributed by atoms with Gasteiger partial charge in [0.05, 0.1) is 23.9 Å². The van der Waals surface area contributed by atoms with E-state index in [2.05, 4.69) is 41.3 Å². The molecule has 0 aliphatic rings. The van der Waals surface area contributed by atoms with E-state index in [1.165, 1.54) is 16.9 Å². The van der Waals surface area contributed by atoms with E-state index in [-0.39, 0.29) is 5.56 Å². The lowest BCUT2D eigenvalue weighted by Gasteiger charge is -2.08. The molecule has 3 heterocycles. The third-order valence-corrected chi connectivity index (χ3v) is 5.87. The SMILES string of the molecule is Cc1ccc(-c2csc3ncn(Cc4ccc(-n5cccn5)cc4)c(=O)c23)cc1. The Labute approximate surface area is 171 Å². The third-order valence-electron chi connectivity index (χ3n) is 4.98. The Kier molecular flexibility index (Phi) is 4.33. The van der Waals surface area contributed by atoms with Crippen LogP contribution >= 0.6 is 11.3 Å². The molecule has 0 aliphatic heterocycles. The number of aromatic nitrogens is 4. The summed E-state index contributed by atoms with van der Waals surface area (Å²) in [4.78, 5) is 18.5. The number of benzene rings is 2. The minimum absolute atomic E-state index is 0.0111. The lowest BCUT2D eigenvalue weighted by Crippen LogP contribution is -2.21. The zero-order chi connectivity index (χ0) is 19.8. The van der Waals surface area contributed by atoms with Crippen molar-refractivity contribution in [3.8, 4) is 16.8 Å². The molecule has 5 aromatic rings. The fourth-order valence-corrected chi connectivity index (χ4v) is 4.30. The molecule has 0 amide bonds. The van der Waals surface area contributed by atoms with Gasteiger partial charge in [0.1, 0.15) is 4.83 Å². The summed E-state index contributed by atoms with van der Waals surface area (Å²) < 4.78 is 3.48. The Bertz CT molecular complexity index is 1330. The molecule has 0 spiro atoms. The van der Waals surface area contributed by atoms with E-state index < -0.39 is 0 Å². The molecule has 5 nitrogen and oxygen atoms in total. The second kappa shape index (κ2) is 7.14. The fraction of sp³-hybridized carbons (Fsp3) is 0.0870. The normalized spacial score (nSPS) is 11.2. The Morgan fingerprint density at radius 2 is 1.83 bits per heavy atom. The van der Waals surface area contributed by atoms with Gasteiger partial charge in [-0.05, 0) is 36.2 Å². The summed E-state index contributed by atoms with van der Waals surface area (Å²) in [6, 6.07) is 18.2. The molecule has 0 unspecified atom stereocenters. The summed E-state index contributed by atoms with van der Waals surface area (Å²) in [5, 5.41) is 6.95. The average molecular weight is 398 g/mol. The molecule has 29 heavy (non-hydrogen) atoms. The molecule has 2 aromatic carbocycles. The van der Waals surface area contributed by atoms with Gasteiger partial charge in [-0.1, -0.05) is 42.0 Å². The predicted octanol–water partition coefficient (Wildman–Crippen LogP) is 4.67. The second-order valence-corrected chi connectivity index (χ2v) is 7.85. The molecule has 0 saturated heterocycles. The van der Waals surface area contributed by atoms with Crippen molar-refractivity contribution in [1.82, 2.24) is 19.3 Å². The monoisotopic (exact) mass is 398 g/mol. The molecule has 0 fully saturated rings. The first-order valence-corrected chi connectivity index (χ1v) is 10.2. The first-order valence-electron chi connectivity index (χ1n) is 9.32. The molecule has 3 aromatic heterocycles. The molecule has 142 valence electrons. The average Bonchev–Trinajstić information content (AvgIpc) is 3.42. The zero-order valence-corrected chi connectivity index (χ0v) is 16.6. The van der Waals surface area contributed by atoms with Crippen LogP contribution in [0.2, 0.25) is 0 Å². The van der Waals surface area contributed by atoms with Gasteiger partial charge in [0.2, 0.25) is 0 Å². The summed E-state index contributed by atoms with van der Waals surface area (Å²) in [7, 11) is 0. The van der Waals surface area contributed by atoms with Crippen LogP contribution in [0.5, 0.6) is 0 Å². The van der Waals surface area contributed by atoms with Crippen LogP contribution in [0.1, 0.15) is 11.1 Å². The Balaban J connectivity index is 1.51. The van der Waals surface area contributed by atoms with Crippen LogP contribution in [0.25, 0.3) is 27.0 Å². The number of aryl methyl sites for hydroxylation is 1. The maximum Gasteiger partial charge on any atom is 0.263 e. The van der Waals surface area contributed by atoms with Crippen LogP contribution in [0.3, 0.4) is 0 Å². The van der Waals surface area contributed by atoms with Gasteiger partial charge in [0.25, 0.3) is 5.56 Å². The van der Waals surface area contributed by atoms with Crippen LogP contribution in [-0.2, 0) is 6.54 Å². The molecular formula is C23H18N4OS. The van der Waals surface area contributed by atoms with E-state index in [9.17, 15) is 4.79 Å². The van der Waals surface area contributed by atoms with E-state index in [4.69, 9.17) is 0 Å². The number of hydrogen-bond donors (Lipinski definition) is 0. The third kappa shape index (κ3) is 3.28. The standard InChI is InChI=1S/C23H18N4OS/c1-16-3-7-18(8-4-16)20-14-29-22-21(20)23(28)26(15-24-22)13-17-5-9-19(10-6-17)27-12-2-11-25-27/h2-12,14-15H,13H2,1H3. The summed E-state index contributed by atoms with van der Waals surface area (Å²) in [5.74, 6) is 0. The highest BCUT2D eigenvalue weighted by molar-refractivity contribution is 7.17. The van der Waals surface area contributed by atoms with Crippen molar-refractivity contribution in [2.24, 2.45) is 0 Å². The van der Waals surface area contributed by atoms with Crippen molar-refractivity contribution in [3.63, 3.8) is 0 Å². The van der Waals surface area contributed by atoms with E-state index in [0.29, 0.717) is 11.9 Å². The minimum Gasteiger partial charge on any atom is -0.294 e. The molecule has 5 rings (SSSR count). The first-order chi connectivity index (χ1) is 14.2. The van der Waals surface area contributed by atoms with Gasteiger partial charge in [-0.2, -0.15) is 5.10 Å². The smallest absolute Gasteiger partial charge is 0.263 e. The predicted molar refractivity (Wildman–Crippen MR) is 117 cm³/mol. The highest BCUT2D eigenvalue weighted by atomic mass is 32.1. The van der Waals surface area contributed by atoms with Crippen LogP contribution in [-0.4, -0.2) is 19.3 Å². The molecular weight excluding hydrogens is 380 g/mol. The second-order valence-electron chi connectivity index (χ2n) is 6.99. The van der Waals surface area contributed by atoms with Crippen molar-refractivity contribution in [2.45, 2.75) is 13.5 Å². The number of hydrogen-bond acceptors (Lipinski definition) is 4. The van der Waals surface area contributed by atoms with Gasteiger partial charge in [-0.25, -0.2) is 9.67 Å². The first kappa shape index (κ1) is 17.6. The van der Waals surface area contributed by atoms with Crippen LogP contribution in [0.15, 0.2) is 83.5 Å². The Hall–Kier alpha value is -3.51. The molecule has 0 saturated carbocycles. The van der Waals surface area contributed by atoms with Crippen molar-refractivity contribution in [2.75, 3.05) is 0 Å². The van der Waals surface area contributed by atoms with Crippen LogP contribution in [0.4, 0.5) is 0 Å². The zero-order valence-electron chi connectivity index (χ0n) is 15.8. The molecule has 0 radical (unpaired) electrons. The van der Waals surface area contributed by atoms with E-state index in [0.717, 1.165) is 27.2 Å². The lowest BCUT2D eigenvalue weighted by molar-refractivity contribution is 0.748. The number of thiophene rings is 1. The quantitative estimate of drug-likeness (QED) is 0.442. The van der Waals surface area contributed by atoms with Gasteiger partial charge < -0.3 is 0 Å². The summed E-state index contributed by atoms with van der Waals surface area (Å²) in [5.41, 5.74) is 5.20. The molecule has 0 bridgehead atoms. The van der Waals surface area contributed by atoms with E-state index in [1.54, 1.807) is 17.1 Å². The topological polar surface area (TPSA) is 52.7 Å². The largest absolute Gasteiger partial charge is 0.294 e. The van der Waals surface area contributed by atoms with Gasteiger partial charge >= 0.3 is 0 Å². The molecule has 6 heteroatoms. The maximum atomic E-state index is 13.2. The summed E-state index contributed by atoms with van der Waals surface area (Å²) in [6.07, 6.45) is 5.29. The van der Waals surface area contributed by atoms with Crippen molar-refractivity contribution in [1.29, 1.82) is 0 Å². The lowest BCUT2D eigenvalue weighted by atomic mass is 10.1. The van der Waals surface area contributed by atoms with Crippen LogP contribution < -0.4 is 5.56 Å². The summed E-state index contributed by atoms with van der Waals surface area (Å²) in [6.45, 7) is 2.53. The number of rotatable bonds is 4. The van der Waals surface area contributed by atoms with Crippen LogP contribution in [0, 0.1) is 6.92 Å². The summed E-state index contributed by atoms with van der Waals surface area (Å²) >= 11 is 1.51. The number of fused-ring (bicyclic) bond motifs is 1. The van der Waals surface area contributed by atoms with Gasteiger partial charge in [0, 0.05) is 23.3 Å². The molecule has 0 aliphatic carbocycles. The fourth-order valence-electron chi connectivity index (χ4n) is 3.40. The molecule has 0 N–H and O–H groups in total. The number of nitrogens with zero attached hydrogens (tertiary/aromatic N) is 4. The van der Waals surface area contributed by atoms with Gasteiger partial charge in [0.15, 0.2) is 0 Å².